The highest BCUT2D eigenvalue weighted by Crippen LogP contribution is 2.21. The zero-order valence-electron chi connectivity index (χ0n) is 11.9. The fourth-order valence-corrected chi connectivity index (χ4v) is 1.66. The van der Waals surface area contributed by atoms with Gasteiger partial charge in [0.2, 0.25) is 5.91 Å². The third kappa shape index (κ3) is 4.03. The Morgan fingerprint density at radius 1 is 1.43 bits per heavy atom. The molecular weight excluding hydrogens is 297 g/mol. The number of hydrogen-bond donors (Lipinski definition) is 2. The van der Waals surface area contributed by atoms with E-state index in [0.717, 1.165) is 12.3 Å². The molecule has 114 valence electrons. The van der Waals surface area contributed by atoms with Gasteiger partial charge in [-0.25, -0.2) is 12.8 Å². The number of anilines is 1. The van der Waals surface area contributed by atoms with Gasteiger partial charge in [-0.05, 0) is 32.0 Å². The van der Waals surface area contributed by atoms with Crippen molar-refractivity contribution in [3.8, 4) is 11.8 Å². The molecule has 0 fully saturated rings. The van der Waals surface area contributed by atoms with Gasteiger partial charge in [0.05, 0.1) is 5.69 Å². The summed E-state index contributed by atoms with van der Waals surface area (Å²) in [6, 6.07) is 3.83. The van der Waals surface area contributed by atoms with E-state index in [1.54, 1.807) is 0 Å². The van der Waals surface area contributed by atoms with Gasteiger partial charge >= 0.3 is 0 Å². The van der Waals surface area contributed by atoms with Crippen LogP contribution < -0.4 is 5.32 Å². The third-order valence-corrected chi connectivity index (χ3v) is 5.04. The van der Waals surface area contributed by atoms with E-state index in [9.17, 15) is 17.6 Å². The summed E-state index contributed by atoms with van der Waals surface area (Å²) >= 11 is 0. The van der Waals surface area contributed by atoms with Gasteiger partial charge < -0.3 is 10.4 Å². The minimum atomic E-state index is -3.64. The van der Waals surface area contributed by atoms with E-state index >= 15 is 0 Å². The number of nitrogens with one attached hydrogen (secondary N) is 1. The second-order valence-corrected chi connectivity index (χ2v) is 7.46. The molecule has 0 aliphatic carbocycles. The van der Waals surface area contributed by atoms with E-state index in [0.29, 0.717) is 5.56 Å². The van der Waals surface area contributed by atoms with Crippen molar-refractivity contribution < 1.29 is 22.7 Å². The predicted molar refractivity (Wildman–Crippen MR) is 77.9 cm³/mol. The lowest BCUT2D eigenvalue weighted by atomic mass is 10.1. The van der Waals surface area contributed by atoms with Crippen LogP contribution >= 0.6 is 0 Å². The molecule has 1 aromatic rings. The first-order chi connectivity index (χ1) is 9.59. The second kappa shape index (κ2) is 6.24. The van der Waals surface area contributed by atoms with Crippen molar-refractivity contribution in [2.75, 3.05) is 18.2 Å². The van der Waals surface area contributed by atoms with Gasteiger partial charge in [-0.2, -0.15) is 0 Å². The summed E-state index contributed by atoms with van der Waals surface area (Å²) in [6.07, 6.45) is 0.941. The van der Waals surface area contributed by atoms with E-state index in [4.69, 9.17) is 5.11 Å². The van der Waals surface area contributed by atoms with Crippen LogP contribution in [0.25, 0.3) is 0 Å². The lowest BCUT2D eigenvalue weighted by molar-refractivity contribution is -0.117. The number of aliphatic hydroxyl groups excluding tert-OH is 1. The zero-order valence-corrected chi connectivity index (χ0v) is 12.7. The van der Waals surface area contributed by atoms with Crippen LogP contribution in [0.5, 0.6) is 0 Å². The largest absolute Gasteiger partial charge is 0.384 e. The number of amides is 1. The van der Waals surface area contributed by atoms with E-state index < -0.39 is 26.3 Å². The standard InChI is InChI=1S/C14H16FNO4S/c1-14(2,21(3,19)20)13(18)16-12-7-6-10(5-4-8-17)9-11(12)15/h6-7,9,17H,8H2,1-3H3,(H,16,18). The third-order valence-electron chi connectivity index (χ3n) is 3.00. The fraction of sp³-hybridized carbons (Fsp3) is 0.357. The Balaban J connectivity index is 3.02. The molecule has 0 bridgehead atoms. The highest BCUT2D eigenvalue weighted by Gasteiger charge is 2.38. The molecular formula is C14H16FNO4S. The number of aliphatic hydroxyl groups is 1. The van der Waals surface area contributed by atoms with Crippen molar-refractivity contribution in [3.63, 3.8) is 0 Å². The summed E-state index contributed by atoms with van der Waals surface area (Å²) in [7, 11) is -3.64. The first-order valence-electron chi connectivity index (χ1n) is 6.00. The Bertz CT molecular complexity index is 714. The van der Waals surface area contributed by atoms with Gasteiger partial charge in [-0.3, -0.25) is 4.79 Å². The molecule has 0 heterocycles. The van der Waals surface area contributed by atoms with Crippen molar-refractivity contribution in [2.45, 2.75) is 18.6 Å². The molecule has 0 radical (unpaired) electrons. The summed E-state index contributed by atoms with van der Waals surface area (Å²) in [5.74, 6) is 3.33. The monoisotopic (exact) mass is 313 g/mol. The number of hydrogen-bond acceptors (Lipinski definition) is 4. The Morgan fingerprint density at radius 3 is 2.52 bits per heavy atom. The lowest BCUT2D eigenvalue weighted by Gasteiger charge is -2.21. The maximum atomic E-state index is 13.8. The van der Waals surface area contributed by atoms with Gasteiger partial charge in [0, 0.05) is 11.8 Å². The van der Waals surface area contributed by atoms with E-state index in [2.05, 4.69) is 17.2 Å². The first kappa shape index (κ1) is 17.1. The second-order valence-electron chi connectivity index (χ2n) is 4.89. The molecule has 0 aliphatic rings. The maximum Gasteiger partial charge on any atom is 0.245 e. The Morgan fingerprint density at radius 2 is 2.05 bits per heavy atom. The van der Waals surface area contributed by atoms with Crippen molar-refractivity contribution >= 4 is 21.4 Å². The summed E-state index contributed by atoms with van der Waals surface area (Å²) in [6.45, 7) is 2.15. The minimum absolute atomic E-state index is 0.133. The molecule has 1 rings (SSSR count). The molecule has 0 unspecified atom stereocenters. The van der Waals surface area contributed by atoms with Crippen LogP contribution in [-0.4, -0.2) is 37.0 Å². The van der Waals surface area contributed by atoms with Crippen molar-refractivity contribution in [1.82, 2.24) is 0 Å². The number of sulfone groups is 1. The average molecular weight is 313 g/mol. The number of halogens is 1. The van der Waals surface area contributed by atoms with Crippen LogP contribution in [0.4, 0.5) is 10.1 Å². The molecule has 7 heteroatoms. The molecule has 1 amide bonds. The van der Waals surface area contributed by atoms with E-state index in [-0.39, 0.29) is 12.3 Å². The normalized spacial score (nSPS) is 11.5. The summed E-state index contributed by atoms with van der Waals surface area (Å²) in [5, 5.41) is 10.8. The van der Waals surface area contributed by atoms with Gasteiger partial charge in [0.25, 0.3) is 0 Å². The van der Waals surface area contributed by atoms with E-state index in [1.165, 1.54) is 26.0 Å². The molecule has 5 nitrogen and oxygen atoms in total. The SMILES string of the molecule is CC(C)(C(=O)Nc1ccc(C#CCO)cc1F)S(C)(=O)=O. The minimum Gasteiger partial charge on any atom is -0.384 e. The van der Waals surface area contributed by atoms with Gasteiger partial charge in [0.1, 0.15) is 17.2 Å². The number of benzene rings is 1. The Kier molecular flexibility index (Phi) is 5.10. The van der Waals surface area contributed by atoms with Gasteiger partial charge in [-0.15, -0.1) is 0 Å². The smallest absolute Gasteiger partial charge is 0.245 e. The van der Waals surface area contributed by atoms with Crippen LogP contribution in [0.15, 0.2) is 18.2 Å². The number of carbonyl (C=O) groups excluding carboxylic acids is 1. The van der Waals surface area contributed by atoms with Gasteiger partial charge in [0.15, 0.2) is 9.84 Å². The van der Waals surface area contributed by atoms with E-state index in [1.807, 2.05) is 0 Å². The molecule has 0 spiro atoms. The number of carbonyl (C=O) groups is 1. The fourth-order valence-electron chi connectivity index (χ4n) is 1.28. The zero-order chi connectivity index (χ0) is 16.3. The quantitative estimate of drug-likeness (QED) is 0.813. The van der Waals surface area contributed by atoms with Crippen LogP contribution in [-0.2, 0) is 14.6 Å². The molecule has 21 heavy (non-hydrogen) atoms. The highest BCUT2D eigenvalue weighted by atomic mass is 32.2. The average Bonchev–Trinajstić information content (AvgIpc) is 2.37. The summed E-state index contributed by atoms with van der Waals surface area (Å²) in [5.41, 5.74) is 0.202. The van der Waals surface area contributed by atoms with Crippen LogP contribution in [0.1, 0.15) is 19.4 Å². The van der Waals surface area contributed by atoms with Crippen molar-refractivity contribution in [3.05, 3.63) is 29.6 Å². The molecule has 0 saturated carbocycles. The summed E-state index contributed by atoms with van der Waals surface area (Å²) < 4.78 is 35.2. The molecule has 1 aromatic carbocycles. The summed E-state index contributed by atoms with van der Waals surface area (Å²) in [4.78, 5) is 12.0. The first-order valence-corrected chi connectivity index (χ1v) is 7.89. The molecule has 2 N–H and O–H groups in total. The molecule has 0 aromatic heterocycles. The Hall–Kier alpha value is -1.91. The molecule has 0 aliphatic heterocycles. The number of rotatable bonds is 3. The van der Waals surface area contributed by atoms with Crippen LogP contribution in [0.3, 0.4) is 0 Å². The van der Waals surface area contributed by atoms with Crippen molar-refractivity contribution in [1.29, 1.82) is 0 Å². The topological polar surface area (TPSA) is 83.5 Å². The van der Waals surface area contributed by atoms with Gasteiger partial charge in [-0.1, -0.05) is 11.8 Å². The lowest BCUT2D eigenvalue weighted by Crippen LogP contribution is -2.44. The van der Waals surface area contributed by atoms with Crippen LogP contribution in [0, 0.1) is 17.7 Å². The highest BCUT2D eigenvalue weighted by molar-refractivity contribution is 7.92. The predicted octanol–water partition coefficient (Wildman–Crippen LogP) is 0.931. The van der Waals surface area contributed by atoms with Crippen molar-refractivity contribution in [2.24, 2.45) is 0 Å². The Labute approximate surface area is 123 Å². The molecule has 0 saturated heterocycles. The molecule has 0 atom stereocenters. The maximum absolute atomic E-state index is 13.8. The van der Waals surface area contributed by atoms with Crippen LogP contribution in [0.2, 0.25) is 0 Å².